The minimum atomic E-state index is -0.999. The molecule has 2 aliphatic heterocycles. The number of nitrogens with one attached hydrogen (secondary N) is 1. The maximum absolute atomic E-state index is 13.6. The fourth-order valence-electron chi connectivity index (χ4n) is 5.73. The molecule has 0 saturated carbocycles. The highest BCUT2D eigenvalue weighted by molar-refractivity contribution is 5.93. The van der Waals surface area contributed by atoms with E-state index >= 15 is 0 Å². The van der Waals surface area contributed by atoms with Gasteiger partial charge in [0, 0.05) is 31.6 Å². The van der Waals surface area contributed by atoms with Crippen LogP contribution in [0.25, 0.3) is 0 Å². The summed E-state index contributed by atoms with van der Waals surface area (Å²) < 4.78 is 0. The highest BCUT2D eigenvalue weighted by atomic mass is 16.4. The van der Waals surface area contributed by atoms with Gasteiger partial charge in [-0.1, -0.05) is 60.7 Å². The molecular weight excluding hydrogens is 496 g/mol. The first-order valence-electron chi connectivity index (χ1n) is 13.8. The van der Waals surface area contributed by atoms with E-state index in [2.05, 4.69) is 5.32 Å². The summed E-state index contributed by atoms with van der Waals surface area (Å²) in [4.78, 5) is 54.8. The second kappa shape index (κ2) is 13.4. The van der Waals surface area contributed by atoms with Crippen LogP contribution in [0.15, 0.2) is 60.7 Å². The van der Waals surface area contributed by atoms with Gasteiger partial charge in [-0.25, -0.2) is 0 Å². The summed E-state index contributed by atoms with van der Waals surface area (Å²) in [7, 11) is 0. The van der Waals surface area contributed by atoms with Crippen LogP contribution in [-0.4, -0.2) is 75.9 Å². The second-order valence-electron chi connectivity index (χ2n) is 10.6. The molecule has 0 radical (unpaired) electrons. The van der Waals surface area contributed by atoms with Crippen LogP contribution in [-0.2, 0) is 32.0 Å². The molecule has 2 saturated heterocycles. The molecule has 2 heterocycles. The van der Waals surface area contributed by atoms with E-state index in [0.29, 0.717) is 45.2 Å². The predicted octanol–water partition coefficient (Wildman–Crippen LogP) is 2.13. The van der Waals surface area contributed by atoms with Crippen LogP contribution in [0.2, 0.25) is 0 Å². The zero-order valence-corrected chi connectivity index (χ0v) is 22.2. The summed E-state index contributed by atoms with van der Waals surface area (Å²) in [5.41, 5.74) is 8.26. The van der Waals surface area contributed by atoms with Gasteiger partial charge >= 0.3 is 5.97 Å². The molecule has 2 aromatic rings. The van der Waals surface area contributed by atoms with Crippen molar-refractivity contribution in [2.24, 2.45) is 5.73 Å². The molecular formula is C30H38N4O5. The van der Waals surface area contributed by atoms with E-state index in [1.807, 2.05) is 60.7 Å². The van der Waals surface area contributed by atoms with Crippen LogP contribution in [0.3, 0.4) is 0 Å². The van der Waals surface area contributed by atoms with Gasteiger partial charge in [-0.2, -0.15) is 0 Å². The molecule has 2 aliphatic rings. The third kappa shape index (κ3) is 7.66. The van der Waals surface area contributed by atoms with Crippen molar-refractivity contribution in [2.45, 2.75) is 75.5 Å². The molecule has 208 valence electrons. The number of carbonyl (C=O) groups excluding carboxylic acids is 3. The average molecular weight is 535 g/mol. The van der Waals surface area contributed by atoms with Gasteiger partial charge in [-0.15, -0.1) is 0 Å². The fraction of sp³-hybridized carbons (Fsp3) is 0.467. The van der Waals surface area contributed by atoms with E-state index in [-0.39, 0.29) is 36.6 Å². The Hall–Kier alpha value is -3.72. The number of carboxylic acids is 1. The van der Waals surface area contributed by atoms with Gasteiger partial charge in [-0.3, -0.25) is 19.2 Å². The molecule has 0 aromatic heterocycles. The quantitative estimate of drug-likeness (QED) is 0.405. The highest BCUT2D eigenvalue weighted by Gasteiger charge is 2.42. The van der Waals surface area contributed by atoms with Gasteiger partial charge in [0.05, 0.1) is 6.42 Å². The van der Waals surface area contributed by atoms with Crippen molar-refractivity contribution in [3.8, 4) is 0 Å². The van der Waals surface area contributed by atoms with Gasteiger partial charge in [0.2, 0.25) is 17.7 Å². The van der Waals surface area contributed by atoms with Crippen molar-refractivity contribution < 1.29 is 24.3 Å². The zero-order chi connectivity index (χ0) is 27.8. The number of hydrogen-bond donors (Lipinski definition) is 3. The van der Waals surface area contributed by atoms with E-state index in [9.17, 15) is 24.3 Å². The molecule has 0 bridgehead atoms. The maximum atomic E-state index is 13.6. The SMILES string of the molecule is NC(CC(=O)N1CCC[C@H]1C(=O)N1CCC[C@H]1C(=O)NC(CC(=O)O)Cc1ccccc1)Cc1ccccc1. The van der Waals surface area contributed by atoms with Gasteiger partial charge < -0.3 is 26.0 Å². The lowest BCUT2D eigenvalue weighted by Gasteiger charge is -2.32. The van der Waals surface area contributed by atoms with E-state index in [0.717, 1.165) is 17.5 Å². The van der Waals surface area contributed by atoms with E-state index < -0.39 is 24.1 Å². The molecule has 39 heavy (non-hydrogen) atoms. The van der Waals surface area contributed by atoms with Crippen molar-refractivity contribution in [2.75, 3.05) is 13.1 Å². The summed E-state index contributed by atoms with van der Waals surface area (Å²) in [5.74, 6) is -1.70. The molecule has 9 heteroatoms. The average Bonchev–Trinajstić information content (AvgIpc) is 3.59. The first-order chi connectivity index (χ1) is 18.8. The molecule has 4 N–H and O–H groups in total. The molecule has 3 amide bonds. The van der Waals surface area contributed by atoms with Crippen LogP contribution < -0.4 is 11.1 Å². The second-order valence-corrected chi connectivity index (χ2v) is 10.6. The number of amides is 3. The summed E-state index contributed by atoms with van der Waals surface area (Å²) in [5, 5.41) is 12.3. The van der Waals surface area contributed by atoms with Crippen molar-refractivity contribution in [1.29, 1.82) is 0 Å². The third-order valence-electron chi connectivity index (χ3n) is 7.57. The standard InChI is InChI=1S/C30H38N4O5/c31-23(17-21-9-3-1-4-10-21)19-27(35)33-15-8-14-26(33)30(39)34-16-7-13-25(34)29(38)32-24(20-28(36)37)18-22-11-5-2-6-12-22/h1-6,9-12,23-26H,7-8,13-20,31H2,(H,32,38)(H,36,37)/t23?,24?,25-,26-/m0/s1. The first-order valence-corrected chi connectivity index (χ1v) is 13.8. The molecule has 0 aliphatic carbocycles. The normalized spacial score (nSPS) is 20.4. The lowest BCUT2D eigenvalue weighted by Crippen LogP contribution is -2.54. The fourth-order valence-corrected chi connectivity index (χ4v) is 5.73. The monoisotopic (exact) mass is 534 g/mol. The van der Waals surface area contributed by atoms with Crippen LogP contribution in [0, 0.1) is 0 Å². The number of likely N-dealkylation sites (tertiary alicyclic amines) is 2. The Morgan fingerprint density at radius 2 is 1.38 bits per heavy atom. The van der Waals surface area contributed by atoms with E-state index in [4.69, 9.17) is 5.73 Å². The number of carbonyl (C=O) groups is 4. The lowest BCUT2D eigenvalue weighted by atomic mass is 10.0. The summed E-state index contributed by atoms with van der Waals surface area (Å²) >= 11 is 0. The molecule has 4 rings (SSSR count). The summed E-state index contributed by atoms with van der Waals surface area (Å²) in [6, 6.07) is 16.9. The molecule has 9 nitrogen and oxygen atoms in total. The number of hydrogen-bond acceptors (Lipinski definition) is 5. The predicted molar refractivity (Wildman–Crippen MR) is 147 cm³/mol. The Bertz CT molecular complexity index is 1140. The molecule has 0 spiro atoms. The zero-order valence-electron chi connectivity index (χ0n) is 22.2. The molecule has 4 atom stereocenters. The number of nitrogens with zero attached hydrogens (tertiary/aromatic N) is 2. The van der Waals surface area contributed by atoms with Crippen molar-refractivity contribution in [3.63, 3.8) is 0 Å². The lowest BCUT2D eigenvalue weighted by molar-refractivity contribution is -0.147. The number of benzene rings is 2. The van der Waals surface area contributed by atoms with Crippen LogP contribution >= 0.6 is 0 Å². The van der Waals surface area contributed by atoms with Crippen LogP contribution in [0.1, 0.15) is 49.7 Å². The molecule has 2 unspecified atom stereocenters. The number of nitrogens with two attached hydrogens (primary N) is 1. The molecule has 2 aromatic carbocycles. The minimum Gasteiger partial charge on any atom is -0.481 e. The number of carboxylic acid groups (broad SMARTS) is 1. The van der Waals surface area contributed by atoms with E-state index in [1.165, 1.54) is 0 Å². The van der Waals surface area contributed by atoms with Crippen LogP contribution in [0.4, 0.5) is 0 Å². The van der Waals surface area contributed by atoms with Gasteiger partial charge in [0.25, 0.3) is 0 Å². The highest BCUT2D eigenvalue weighted by Crippen LogP contribution is 2.26. The first kappa shape index (κ1) is 28.3. The van der Waals surface area contributed by atoms with Gasteiger partial charge in [-0.05, 0) is 49.7 Å². The van der Waals surface area contributed by atoms with E-state index in [1.54, 1.807) is 9.80 Å². The Labute approximate surface area is 229 Å². The van der Waals surface area contributed by atoms with Gasteiger partial charge in [0.1, 0.15) is 12.1 Å². The van der Waals surface area contributed by atoms with Crippen molar-refractivity contribution in [1.82, 2.24) is 15.1 Å². The summed E-state index contributed by atoms with van der Waals surface area (Å²) in [6.07, 6.45) is 3.35. The number of rotatable bonds is 11. The Balaban J connectivity index is 1.37. The largest absolute Gasteiger partial charge is 0.481 e. The van der Waals surface area contributed by atoms with Crippen molar-refractivity contribution >= 4 is 23.7 Å². The Kier molecular flexibility index (Phi) is 9.70. The molecule has 2 fully saturated rings. The van der Waals surface area contributed by atoms with Gasteiger partial charge in [0.15, 0.2) is 0 Å². The van der Waals surface area contributed by atoms with Crippen molar-refractivity contribution in [3.05, 3.63) is 71.8 Å². The van der Waals surface area contributed by atoms with Crippen LogP contribution in [0.5, 0.6) is 0 Å². The Morgan fingerprint density at radius 3 is 2.00 bits per heavy atom. The Morgan fingerprint density at radius 1 is 0.821 bits per heavy atom. The third-order valence-corrected chi connectivity index (χ3v) is 7.57. The smallest absolute Gasteiger partial charge is 0.305 e. The minimum absolute atomic E-state index is 0.140. The topological polar surface area (TPSA) is 133 Å². The number of aliphatic carboxylic acids is 1. The summed E-state index contributed by atoms with van der Waals surface area (Å²) in [6.45, 7) is 0.932. The maximum Gasteiger partial charge on any atom is 0.305 e.